The number of hydrogen-bond donors (Lipinski definition) is 1. The molecule has 1 amide bonds. The number of benzene rings is 3. The second-order valence-electron chi connectivity index (χ2n) is 7.80. The first-order valence-corrected chi connectivity index (χ1v) is 11.6. The first-order chi connectivity index (χ1) is 16.0. The maximum Gasteiger partial charge on any atom is 0.266 e. The predicted octanol–water partition coefficient (Wildman–Crippen LogP) is 5.25. The summed E-state index contributed by atoms with van der Waals surface area (Å²) in [5.41, 5.74) is 2.87. The van der Waals surface area contributed by atoms with E-state index < -0.39 is 0 Å². The molecule has 0 aliphatic carbocycles. The van der Waals surface area contributed by atoms with Crippen LogP contribution < -0.4 is 15.6 Å². The molecule has 0 bridgehead atoms. The molecular formula is C26H25N3O3S. The molecule has 33 heavy (non-hydrogen) atoms. The summed E-state index contributed by atoms with van der Waals surface area (Å²) < 4.78 is 6.93. The number of fused-ring (bicyclic) bond motifs is 1. The maximum absolute atomic E-state index is 13.5. The minimum absolute atomic E-state index is 0.0900. The van der Waals surface area contributed by atoms with Crippen LogP contribution in [-0.2, 0) is 4.79 Å². The molecule has 0 atom stereocenters. The van der Waals surface area contributed by atoms with Gasteiger partial charge in [-0.2, -0.15) is 0 Å². The van der Waals surface area contributed by atoms with Gasteiger partial charge >= 0.3 is 0 Å². The number of aromatic nitrogens is 2. The highest BCUT2D eigenvalue weighted by Gasteiger charge is 2.18. The fraction of sp³-hybridized carbons (Fsp3) is 0.192. The van der Waals surface area contributed by atoms with E-state index >= 15 is 0 Å². The van der Waals surface area contributed by atoms with Crippen molar-refractivity contribution >= 4 is 34.3 Å². The molecule has 0 unspecified atom stereocenters. The zero-order valence-electron chi connectivity index (χ0n) is 18.7. The van der Waals surface area contributed by atoms with Crippen molar-refractivity contribution in [3.8, 4) is 11.4 Å². The van der Waals surface area contributed by atoms with E-state index in [9.17, 15) is 9.59 Å². The number of ether oxygens (including phenoxy) is 1. The number of methoxy groups -OCH3 is 1. The van der Waals surface area contributed by atoms with Crippen molar-refractivity contribution in [2.75, 3.05) is 18.2 Å². The smallest absolute Gasteiger partial charge is 0.266 e. The van der Waals surface area contributed by atoms with Crippen LogP contribution >= 0.6 is 11.8 Å². The predicted molar refractivity (Wildman–Crippen MR) is 134 cm³/mol. The van der Waals surface area contributed by atoms with E-state index in [0.717, 1.165) is 11.3 Å². The minimum atomic E-state index is -0.212. The van der Waals surface area contributed by atoms with Gasteiger partial charge in [0.25, 0.3) is 5.56 Å². The topological polar surface area (TPSA) is 73.2 Å². The summed E-state index contributed by atoms with van der Waals surface area (Å²) in [6.45, 7) is 4.18. The van der Waals surface area contributed by atoms with Gasteiger partial charge in [-0.15, -0.1) is 0 Å². The van der Waals surface area contributed by atoms with Crippen LogP contribution in [0.2, 0.25) is 0 Å². The number of para-hydroxylation sites is 4. The van der Waals surface area contributed by atoms with Crippen LogP contribution in [0, 0.1) is 0 Å². The highest BCUT2D eigenvalue weighted by Crippen LogP contribution is 2.28. The monoisotopic (exact) mass is 459 g/mol. The van der Waals surface area contributed by atoms with E-state index in [1.54, 1.807) is 29.9 Å². The standard InChI is InChI=1S/C26H25N3O3S/c1-17(2)18-10-5-8-14-22(18)29-25(31)19-11-4-6-12-20(19)28-26(29)33-16-24(30)27-21-13-7-9-15-23(21)32-3/h4-15,17H,16H2,1-3H3,(H,27,30). The number of rotatable bonds is 7. The third-order valence-corrected chi connectivity index (χ3v) is 6.20. The average Bonchev–Trinajstić information content (AvgIpc) is 2.83. The Balaban J connectivity index is 1.72. The number of hydrogen-bond acceptors (Lipinski definition) is 5. The molecule has 3 aromatic carbocycles. The van der Waals surface area contributed by atoms with E-state index in [-0.39, 0.29) is 23.1 Å². The second-order valence-corrected chi connectivity index (χ2v) is 8.75. The van der Waals surface area contributed by atoms with Crippen molar-refractivity contribution in [1.82, 2.24) is 9.55 Å². The summed E-state index contributed by atoms with van der Waals surface area (Å²) in [5.74, 6) is 0.677. The first-order valence-electron chi connectivity index (χ1n) is 10.7. The number of thioether (sulfide) groups is 1. The maximum atomic E-state index is 13.5. The largest absolute Gasteiger partial charge is 0.495 e. The van der Waals surface area contributed by atoms with Crippen molar-refractivity contribution in [2.45, 2.75) is 24.9 Å². The van der Waals surface area contributed by atoms with Crippen molar-refractivity contribution < 1.29 is 9.53 Å². The molecule has 0 fully saturated rings. The summed E-state index contributed by atoms with van der Waals surface area (Å²) in [5, 5.41) is 3.89. The number of carbonyl (C=O) groups excluding carboxylic acids is 1. The van der Waals surface area contributed by atoms with Crippen LogP contribution in [0.15, 0.2) is 82.7 Å². The van der Waals surface area contributed by atoms with E-state index in [1.165, 1.54) is 11.8 Å². The molecule has 1 aromatic heterocycles. The molecule has 4 rings (SSSR count). The molecule has 7 heteroatoms. The van der Waals surface area contributed by atoms with Crippen LogP contribution in [0.25, 0.3) is 16.6 Å². The third-order valence-electron chi connectivity index (χ3n) is 5.26. The lowest BCUT2D eigenvalue weighted by Crippen LogP contribution is -2.24. The number of amides is 1. The lowest BCUT2D eigenvalue weighted by atomic mass is 10.0. The van der Waals surface area contributed by atoms with E-state index in [4.69, 9.17) is 9.72 Å². The van der Waals surface area contributed by atoms with Gasteiger partial charge in [0, 0.05) is 0 Å². The van der Waals surface area contributed by atoms with Gasteiger partial charge in [-0.1, -0.05) is 68.1 Å². The van der Waals surface area contributed by atoms with Crippen LogP contribution in [0.5, 0.6) is 5.75 Å². The van der Waals surface area contributed by atoms with Crippen molar-refractivity contribution in [1.29, 1.82) is 0 Å². The Kier molecular flexibility index (Phi) is 6.79. The number of nitrogens with zero attached hydrogens (tertiary/aromatic N) is 2. The van der Waals surface area contributed by atoms with Crippen LogP contribution in [-0.4, -0.2) is 28.3 Å². The van der Waals surface area contributed by atoms with Gasteiger partial charge in [0.15, 0.2) is 5.16 Å². The molecule has 6 nitrogen and oxygen atoms in total. The highest BCUT2D eigenvalue weighted by molar-refractivity contribution is 7.99. The lowest BCUT2D eigenvalue weighted by Gasteiger charge is -2.18. The Morgan fingerprint density at radius 1 is 1.03 bits per heavy atom. The molecule has 4 aromatic rings. The van der Waals surface area contributed by atoms with Crippen molar-refractivity contribution in [3.63, 3.8) is 0 Å². The Hall–Kier alpha value is -3.58. The molecule has 0 aliphatic rings. The first kappa shape index (κ1) is 22.6. The molecule has 0 spiro atoms. The summed E-state index contributed by atoms with van der Waals surface area (Å²) in [7, 11) is 1.56. The van der Waals surface area contributed by atoms with Crippen LogP contribution in [0.4, 0.5) is 5.69 Å². The van der Waals surface area contributed by atoms with Gasteiger partial charge < -0.3 is 10.1 Å². The number of carbonyl (C=O) groups is 1. The van der Waals surface area contributed by atoms with E-state index in [1.807, 2.05) is 54.6 Å². The second kappa shape index (κ2) is 9.92. The van der Waals surface area contributed by atoms with Crippen LogP contribution in [0.3, 0.4) is 0 Å². The van der Waals surface area contributed by atoms with Crippen molar-refractivity contribution in [3.05, 3.63) is 88.7 Å². The third kappa shape index (κ3) is 4.78. The lowest BCUT2D eigenvalue weighted by molar-refractivity contribution is -0.113. The molecule has 168 valence electrons. The van der Waals surface area contributed by atoms with Crippen LogP contribution in [0.1, 0.15) is 25.3 Å². The van der Waals surface area contributed by atoms with Gasteiger partial charge in [-0.25, -0.2) is 4.98 Å². The Bertz CT molecular complexity index is 1360. The van der Waals surface area contributed by atoms with Gasteiger partial charge in [0.2, 0.25) is 5.91 Å². The molecule has 1 heterocycles. The Morgan fingerprint density at radius 2 is 1.73 bits per heavy atom. The number of anilines is 1. The summed E-state index contributed by atoms with van der Waals surface area (Å²) in [6, 6.07) is 22.3. The molecule has 0 radical (unpaired) electrons. The van der Waals surface area contributed by atoms with E-state index in [0.29, 0.717) is 27.5 Å². The summed E-state index contributed by atoms with van der Waals surface area (Å²) in [6.07, 6.45) is 0. The van der Waals surface area contributed by atoms with Gasteiger partial charge in [0.1, 0.15) is 5.75 Å². The summed E-state index contributed by atoms with van der Waals surface area (Å²) >= 11 is 1.23. The molecule has 1 N–H and O–H groups in total. The zero-order chi connectivity index (χ0) is 23.4. The minimum Gasteiger partial charge on any atom is -0.495 e. The highest BCUT2D eigenvalue weighted by atomic mass is 32.2. The Labute approximate surface area is 196 Å². The van der Waals surface area contributed by atoms with Gasteiger partial charge in [-0.05, 0) is 41.8 Å². The fourth-order valence-corrected chi connectivity index (χ4v) is 4.47. The van der Waals surface area contributed by atoms with Gasteiger partial charge in [-0.3, -0.25) is 14.2 Å². The SMILES string of the molecule is COc1ccccc1NC(=O)CSc1nc2ccccc2c(=O)n1-c1ccccc1C(C)C. The Morgan fingerprint density at radius 3 is 2.52 bits per heavy atom. The molecular weight excluding hydrogens is 434 g/mol. The van der Waals surface area contributed by atoms with Crippen molar-refractivity contribution in [2.24, 2.45) is 0 Å². The average molecular weight is 460 g/mol. The fourth-order valence-electron chi connectivity index (χ4n) is 3.67. The molecule has 0 saturated carbocycles. The zero-order valence-corrected chi connectivity index (χ0v) is 19.6. The molecule has 0 saturated heterocycles. The normalized spacial score (nSPS) is 11.0. The van der Waals surface area contributed by atoms with Gasteiger partial charge in [0.05, 0.1) is 35.1 Å². The summed E-state index contributed by atoms with van der Waals surface area (Å²) in [4.78, 5) is 31.0. The van der Waals surface area contributed by atoms with E-state index in [2.05, 4.69) is 19.2 Å². The number of nitrogens with one attached hydrogen (secondary N) is 1. The quantitative estimate of drug-likeness (QED) is 0.302. The molecule has 0 aliphatic heterocycles.